The highest BCUT2D eigenvalue weighted by Crippen LogP contribution is 2.24. The Morgan fingerprint density at radius 3 is 2.91 bits per heavy atom. The summed E-state index contributed by atoms with van der Waals surface area (Å²) in [6.07, 6.45) is 1.10. The normalized spacial score (nSPS) is 12.1. The fourth-order valence-electron chi connectivity index (χ4n) is 1.86. The van der Waals surface area contributed by atoms with Crippen molar-refractivity contribution in [1.29, 1.82) is 0 Å². The summed E-state index contributed by atoms with van der Waals surface area (Å²) in [6.45, 7) is 1.80. The van der Waals surface area contributed by atoms with Crippen LogP contribution in [0, 0.1) is 0 Å². The summed E-state index contributed by atoms with van der Waals surface area (Å²) in [5, 5.41) is 4.47. The summed E-state index contributed by atoms with van der Waals surface area (Å²) in [7, 11) is 0. The molecule has 0 radical (unpaired) electrons. The molecule has 0 spiro atoms. The molecule has 0 aliphatic heterocycles. The minimum atomic E-state index is -0.428. The van der Waals surface area contributed by atoms with Crippen LogP contribution in [0.15, 0.2) is 51.9 Å². The Balaban J connectivity index is 1.78. The van der Waals surface area contributed by atoms with Gasteiger partial charge >= 0.3 is 0 Å². The van der Waals surface area contributed by atoms with Gasteiger partial charge in [-0.3, -0.25) is 4.79 Å². The molecule has 3 rings (SSSR count). The first-order valence-electron chi connectivity index (χ1n) is 6.57. The third-order valence-corrected chi connectivity index (χ3v) is 3.18. The second-order valence-corrected chi connectivity index (χ2v) is 5.05. The van der Waals surface area contributed by atoms with Gasteiger partial charge < -0.3 is 14.2 Å². The average Bonchev–Trinajstić information content (AvgIpc) is 2.98. The molecule has 0 saturated heterocycles. The fraction of sp³-hybridized carbons (Fsp3) is 0.133. The zero-order chi connectivity index (χ0) is 15.5. The van der Waals surface area contributed by atoms with Crippen molar-refractivity contribution in [2.75, 3.05) is 0 Å². The van der Waals surface area contributed by atoms with Crippen LogP contribution < -0.4 is 10.3 Å². The van der Waals surface area contributed by atoms with E-state index in [1.54, 1.807) is 37.3 Å². The molecule has 6 nitrogen and oxygen atoms in total. The number of halogens is 1. The summed E-state index contributed by atoms with van der Waals surface area (Å²) < 4.78 is 10.9. The number of benzene rings is 1. The molecule has 2 heterocycles. The van der Waals surface area contributed by atoms with Gasteiger partial charge in [0.15, 0.2) is 6.10 Å². The van der Waals surface area contributed by atoms with E-state index in [9.17, 15) is 4.79 Å². The van der Waals surface area contributed by atoms with E-state index in [2.05, 4.69) is 15.1 Å². The number of nitrogens with one attached hydrogen (secondary N) is 1. The maximum Gasteiger partial charge on any atom is 0.267 e. The highest BCUT2D eigenvalue weighted by molar-refractivity contribution is 6.30. The van der Waals surface area contributed by atoms with Crippen LogP contribution in [0.2, 0.25) is 5.02 Å². The van der Waals surface area contributed by atoms with E-state index < -0.39 is 6.10 Å². The predicted molar refractivity (Wildman–Crippen MR) is 80.8 cm³/mol. The van der Waals surface area contributed by atoms with Crippen LogP contribution in [0.5, 0.6) is 5.75 Å². The molecule has 0 saturated carbocycles. The molecule has 0 bridgehead atoms. The molecule has 0 amide bonds. The molecular formula is C15H12ClN3O3. The molecule has 22 heavy (non-hydrogen) atoms. The van der Waals surface area contributed by atoms with Gasteiger partial charge in [-0.25, -0.2) is 0 Å². The van der Waals surface area contributed by atoms with E-state index in [4.69, 9.17) is 20.9 Å². The number of pyridine rings is 1. The first-order chi connectivity index (χ1) is 10.6. The lowest BCUT2D eigenvalue weighted by Gasteiger charge is -2.10. The Kier molecular flexibility index (Phi) is 3.93. The van der Waals surface area contributed by atoms with Crippen molar-refractivity contribution >= 4 is 11.6 Å². The first-order valence-corrected chi connectivity index (χ1v) is 6.94. The largest absolute Gasteiger partial charge is 0.481 e. The molecule has 2 aromatic heterocycles. The van der Waals surface area contributed by atoms with Gasteiger partial charge in [0.25, 0.3) is 5.89 Å². The zero-order valence-corrected chi connectivity index (χ0v) is 12.4. The molecule has 1 atom stereocenters. The van der Waals surface area contributed by atoms with Crippen LogP contribution in [0.1, 0.15) is 18.9 Å². The van der Waals surface area contributed by atoms with Crippen molar-refractivity contribution in [1.82, 2.24) is 15.1 Å². The Morgan fingerprint density at radius 1 is 1.32 bits per heavy atom. The van der Waals surface area contributed by atoms with Crippen LogP contribution in [0.4, 0.5) is 0 Å². The lowest BCUT2D eigenvalue weighted by atomic mass is 10.3. The molecule has 7 heteroatoms. The Labute approximate surface area is 130 Å². The summed E-state index contributed by atoms with van der Waals surface area (Å²) in [5.41, 5.74) is 0.467. The summed E-state index contributed by atoms with van der Waals surface area (Å²) in [6, 6.07) is 10.1. The smallest absolute Gasteiger partial charge is 0.267 e. The maximum atomic E-state index is 11.0. The third-order valence-electron chi connectivity index (χ3n) is 2.94. The SMILES string of the molecule is CC(Oc1cccc(Cl)c1)c1nc(-c2ccc(=O)[nH]c2)no1. The summed E-state index contributed by atoms with van der Waals surface area (Å²) in [4.78, 5) is 17.9. The minimum Gasteiger partial charge on any atom is -0.481 e. The van der Waals surface area contributed by atoms with Crippen LogP contribution in [-0.2, 0) is 0 Å². The van der Waals surface area contributed by atoms with Gasteiger partial charge in [0, 0.05) is 22.8 Å². The summed E-state index contributed by atoms with van der Waals surface area (Å²) >= 11 is 5.91. The van der Waals surface area contributed by atoms with Crippen molar-refractivity contribution < 1.29 is 9.26 Å². The van der Waals surface area contributed by atoms with E-state index in [1.807, 2.05) is 0 Å². The number of H-pyrrole nitrogens is 1. The van der Waals surface area contributed by atoms with Crippen molar-refractivity contribution in [2.24, 2.45) is 0 Å². The van der Waals surface area contributed by atoms with Crippen molar-refractivity contribution in [2.45, 2.75) is 13.0 Å². The quantitative estimate of drug-likeness (QED) is 0.799. The molecule has 0 aliphatic rings. The Hall–Kier alpha value is -2.60. The van der Waals surface area contributed by atoms with Crippen molar-refractivity contribution in [3.8, 4) is 17.1 Å². The molecular weight excluding hydrogens is 306 g/mol. The number of aromatic nitrogens is 3. The molecule has 3 aromatic rings. The van der Waals surface area contributed by atoms with Crippen molar-refractivity contribution in [3.63, 3.8) is 0 Å². The number of nitrogens with zero attached hydrogens (tertiary/aromatic N) is 2. The molecule has 0 fully saturated rings. The number of ether oxygens (including phenoxy) is 1. The fourth-order valence-corrected chi connectivity index (χ4v) is 2.04. The highest BCUT2D eigenvalue weighted by Gasteiger charge is 2.17. The molecule has 1 N–H and O–H groups in total. The van der Waals surface area contributed by atoms with E-state index in [1.165, 1.54) is 12.3 Å². The first kappa shape index (κ1) is 14.3. The molecule has 1 aromatic carbocycles. The predicted octanol–water partition coefficient (Wildman–Crippen LogP) is 3.22. The van der Waals surface area contributed by atoms with Gasteiger partial charge in [0.05, 0.1) is 0 Å². The maximum absolute atomic E-state index is 11.0. The van der Waals surface area contributed by atoms with Gasteiger partial charge in [0.1, 0.15) is 5.75 Å². The molecule has 0 aliphatic carbocycles. The lowest BCUT2D eigenvalue weighted by Crippen LogP contribution is -2.04. The molecule has 1 unspecified atom stereocenters. The van der Waals surface area contributed by atoms with E-state index >= 15 is 0 Å². The van der Waals surface area contributed by atoms with Crippen LogP contribution in [0.3, 0.4) is 0 Å². The van der Waals surface area contributed by atoms with Gasteiger partial charge in [-0.15, -0.1) is 0 Å². The number of hydrogen-bond acceptors (Lipinski definition) is 5. The highest BCUT2D eigenvalue weighted by atomic mass is 35.5. The lowest BCUT2D eigenvalue weighted by molar-refractivity contribution is 0.176. The Bertz CT molecular complexity index is 823. The standard InChI is InChI=1S/C15H12ClN3O3/c1-9(21-12-4-2-3-11(16)7-12)15-18-14(19-22-15)10-5-6-13(20)17-8-10/h2-9H,1H3,(H,17,20). The van der Waals surface area contributed by atoms with Gasteiger partial charge in [0.2, 0.25) is 11.4 Å². The monoisotopic (exact) mass is 317 g/mol. The number of rotatable bonds is 4. The van der Waals surface area contributed by atoms with E-state index in [0.29, 0.717) is 28.1 Å². The molecule has 112 valence electrons. The van der Waals surface area contributed by atoms with E-state index in [0.717, 1.165) is 0 Å². The second-order valence-electron chi connectivity index (χ2n) is 4.62. The third kappa shape index (κ3) is 3.17. The van der Waals surface area contributed by atoms with Gasteiger partial charge in [-0.2, -0.15) is 4.98 Å². The van der Waals surface area contributed by atoms with E-state index in [-0.39, 0.29) is 5.56 Å². The zero-order valence-electron chi connectivity index (χ0n) is 11.6. The van der Waals surface area contributed by atoms with Gasteiger partial charge in [-0.1, -0.05) is 22.8 Å². The Morgan fingerprint density at radius 2 is 2.18 bits per heavy atom. The minimum absolute atomic E-state index is 0.190. The van der Waals surface area contributed by atoms with Crippen LogP contribution in [-0.4, -0.2) is 15.1 Å². The topological polar surface area (TPSA) is 81.0 Å². The number of hydrogen-bond donors (Lipinski definition) is 1. The van der Waals surface area contributed by atoms with Crippen LogP contribution >= 0.6 is 11.6 Å². The average molecular weight is 318 g/mol. The van der Waals surface area contributed by atoms with Gasteiger partial charge in [-0.05, 0) is 31.2 Å². The number of aromatic amines is 1. The second kappa shape index (κ2) is 6.03. The van der Waals surface area contributed by atoms with Crippen LogP contribution in [0.25, 0.3) is 11.4 Å². The summed E-state index contributed by atoms with van der Waals surface area (Å²) in [5.74, 6) is 1.33. The van der Waals surface area contributed by atoms with Crippen molar-refractivity contribution in [3.05, 3.63) is 63.9 Å².